The maximum absolute atomic E-state index is 5.77. The molecule has 3 aromatic rings. The Hall–Kier alpha value is -2.86. The summed E-state index contributed by atoms with van der Waals surface area (Å²) in [5, 5.41) is 6.99. The van der Waals surface area contributed by atoms with E-state index in [0.29, 0.717) is 5.11 Å². The van der Waals surface area contributed by atoms with E-state index >= 15 is 0 Å². The van der Waals surface area contributed by atoms with Gasteiger partial charge in [0.2, 0.25) is 0 Å². The van der Waals surface area contributed by atoms with Crippen LogP contribution in [0.2, 0.25) is 0 Å². The van der Waals surface area contributed by atoms with Crippen molar-refractivity contribution < 1.29 is 4.74 Å². The summed E-state index contributed by atoms with van der Waals surface area (Å²) >= 11 is 5.31. The SMILES string of the molecule is S=C(NCCCn1ccnc1)Nc1ccc(Oc2ccccc2)cc1. The van der Waals surface area contributed by atoms with E-state index in [1.165, 1.54) is 0 Å². The molecule has 0 spiro atoms. The summed E-state index contributed by atoms with van der Waals surface area (Å²) in [6.07, 6.45) is 6.53. The minimum absolute atomic E-state index is 0.613. The third kappa shape index (κ3) is 5.61. The molecule has 1 aromatic heterocycles. The van der Waals surface area contributed by atoms with Gasteiger partial charge in [0, 0.05) is 31.2 Å². The first-order valence-corrected chi connectivity index (χ1v) is 8.54. The van der Waals surface area contributed by atoms with E-state index < -0.39 is 0 Å². The Balaban J connectivity index is 1.40. The lowest BCUT2D eigenvalue weighted by molar-refractivity contribution is 0.483. The number of aryl methyl sites for hydroxylation is 1. The van der Waals surface area contributed by atoms with Crippen molar-refractivity contribution in [1.82, 2.24) is 14.9 Å². The molecule has 6 heteroatoms. The van der Waals surface area contributed by atoms with Crippen LogP contribution in [0.5, 0.6) is 11.5 Å². The molecule has 0 aliphatic heterocycles. The second-order valence-electron chi connectivity index (χ2n) is 5.47. The number of thiocarbonyl (C=S) groups is 1. The van der Waals surface area contributed by atoms with Crippen molar-refractivity contribution in [3.05, 3.63) is 73.3 Å². The van der Waals surface area contributed by atoms with Crippen molar-refractivity contribution in [2.24, 2.45) is 0 Å². The maximum atomic E-state index is 5.77. The van der Waals surface area contributed by atoms with Gasteiger partial charge >= 0.3 is 0 Å². The Morgan fingerprint density at radius 1 is 1.04 bits per heavy atom. The minimum atomic E-state index is 0.613. The van der Waals surface area contributed by atoms with Crippen molar-refractivity contribution in [1.29, 1.82) is 0 Å². The summed E-state index contributed by atoms with van der Waals surface area (Å²) in [4.78, 5) is 4.02. The van der Waals surface area contributed by atoms with Gasteiger partial charge in [-0.05, 0) is 55.0 Å². The van der Waals surface area contributed by atoms with Gasteiger partial charge < -0.3 is 19.9 Å². The van der Waals surface area contributed by atoms with Crippen LogP contribution >= 0.6 is 12.2 Å². The van der Waals surface area contributed by atoms with Crippen molar-refractivity contribution in [2.75, 3.05) is 11.9 Å². The van der Waals surface area contributed by atoms with Crippen molar-refractivity contribution in [3.63, 3.8) is 0 Å². The first-order chi connectivity index (χ1) is 12.3. The molecule has 0 fully saturated rings. The van der Waals surface area contributed by atoms with E-state index in [1.807, 2.05) is 71.7 Å². The highest BCUT2D eigenvalue weighted by molar-refractivity contribution is 7.80. The van der Waals surface area contributed by atoms with Gasteiger partial charge in [-0.25, -0.2) is 4.98 Å². The standard InChI is InChI=1S/C19H20N4OS/c25-19(21-11-4-13-23-14-12-20-15-23)22-16-7-9-18(10-8-16)24-17-5-2-1-3-6-17/h1-3,5-10,12,14-15H,4,11,13H2,(H2,21,22,25). The molecule has 128 valence electrons. The van der Waals surface area contributed by atoms with E-state index in [4.69, 9.17) is 17.0 Å². The molecule has 0 saturated heterocycles. The monoisotopic (exact) mass is 352 g/mol. The number of benzene rings is 2. The molecule has 25 heavy (non-hydrogen) atoms. The normalized spacial score (nSPS) is 10.2. The molecule has 1 heterocycles. The topological polar surface area (TPSA) is 51.1 Å². The molecule has 0 aliphatic carbocycles. The number of aromatic nitrogens is 2. The zero-order valence-corrected chi connectivity index (χ0v) is 14.6. The predicted octanol–water partition coefficient (Wildman–Crippen LogP) is 4.05. The number of rotatable bonds is 7. The summed E-state index contributed by atoms with van der Waals surface area (Å²) in [5.74, 6) is 1.61. The van der Waals surface area contributed by atoms with Crippen LogP contribution in [0.4, 0.5) is 5.69 Å². The van der Waals surface area contributed by atoms with Crippen LogP contribution in [0.1, 0.15) is 6.42 Å². The Bertz CT molecular complexity index is 773. The van der Waals surface area contributed by atoms with Gasteiger partial charge in [-0.15, -0.1) is 0 Å². The molecular weight excluding hydrogens is 332 g/mol. The molecule has 0 atom stereocenters. The highest BCUT2D eigenvalue weighted by Gasteiger charge is 2.00. The smallest absolute Gasteiger partial charge is 0.170 e. The van der Waals surface area contributed by atoms with Crippen LogP contribution in [0.25, 0.3) is 0 Å². The largest absolute Gasteiger partial charge is 0.457 e. The lowest BCUT2D eigenvalue weighted by Gasteiger charge is -2.11. The average Bonchev–Trinajstić information content (AvgIpc) is 3.15. The summed E-state index contributed by atoms with van der Waals surface area (Å²) < 4.78 is 7.81. The Kier molecular flexibility index (Phi) is 6.01. The molecule has 2 aromatic carbocycles. The Morgan fingerprint density at radius 3 is 2.52 bits per heavy atom. The van der Waals surface area contributed by atoms with Gasteiger partial charge in [-0.2, -0.15) is 0 Å². The third-order valence-corrected chi connectivity index (χ3v) is 3.78. The van der Waals surface area contributed by atoms with Crippen molar-refractivity contribution in [2.45, 2.75) is 13.0 Å². The molecule has 0 saturated carbocycles. The number of nitrogens with one attached hydrogen (secondary N) is 2. The molecule has 0 bridgehead atoms. The molecule has 0 unspecified atom stereocenters. The van der Waals surface area contributed by atoms with Gasteiger partial charge in [0.15, 0.2) is 5.11 Å². The second-order valence-corrected chi connectivity index (χ2v) is 5.88. The number of imidazole rings is 1. The minimum Gasteiger partial charge on any atom is -0.457 e. The Labute approximate surface area is 152 Å². The van der Waals surface area contributed by atoms with Crippen molar-refractivity contribution >= 4 is 23.0 Å². The molecule has 5 nitrogen and oxygen atoms in total. The van der Waals surface area contributed by atoms with Crippen LogP contribution in [0.15, 0.2) is 73.3 Å². The van der Waals surface area contributed by atoms with E-state index in [1.54, 1.807) is 6.20 Å². The van der Waals surface area contributed by atoms with Gasteiger partial charge in [-0.3, -0.25) is 0 Å². The van der Waals surface area contributed by atoms with Crippen LogP contribution < -0.4 is 15.4 Å². The number of hydrogen-bond acceptors (Lipinski definition) is 3. The number of nitrogens with zero attached hydrogens (tertiary/aromatic N) is 2. The summed E-state index contributed by atoms with van der Waals surface area (Å²) in [7, 11) is 0. The summed E-state index contributed by atoms with van der Waals surface area (Å²) in [6.45, 7) is 1.72. The molecule has 0 aliphatic rings. The Morgan fingerprint density at radius 2 is 1.80 bits per heavy atom. The van der Waals surface area contributed by atoms with Gasteiger partial charge in [0.25, 0.3) is 0 Å². The van der Waals surface area contributed by atoms with Gasteiger partial charge in [-0.1, -0.05) is 18.2 Å². The molecule has 0 radical (unpaired) electrons. The molecule has 0 amide bonds. The van der Waals surface area contributed by atoms with Crippen LogP contribution in [-0.2, 0) is 6.54 Å². The van der Waals surface area contributed by atoms with Crippen LogP contribution in [0, 0.1) is 0 Å². The van der Waals surface area contributed by atoms with Gasteiger partial charge in [0.05, 0.1) is 6.33 Å². The van der Waals surface area contributed by atoms with Crippen molar-refractivity contribution in [3.8, 4) is 11.5 Å². The first-order valence-electron chi connectivity index (χ1n) is 8.13. The zero-order valence-electron chi connectivity index (χ0n) is 13.8. The lowest BCUT2D eigenvalue weighted by atomic mass is 10.3. The van der Waals surface area contributed by atoms with E-state index in [9.17, 15) is 0 Å². The predicted molar refractivity (Wildman–Crippen MR) is 104 cm³/mol. The quantitative estimate of drug-likeness (QED) is 0.496. The number of ether oxygens (including phenoxy) is 1. The summed E-state index contributed by atoms with van der Waals surface area (Å²) in [5.41, 5.74) is 0.924. The highest BCUT2D eigenvalue weighted by atomic mass is 32.1. The lowest BCUT2D eigenvalue weighted by Crippen LogP contribution is -2.29. The fourth-order valence-corrected chi connectivity index (χ4v) is 2.51. The third-order valence-electron chi connectivity index (χ3n) is 3.53. The first kappa shape index (κ1) is 17.0. The van der Waals surface area contributed by atoms with Crippen LogP contribution in [0.3, 0.4) is 0 Å². The van der Waals surface area contributed by atoms with Gasteiger partial charge in [0.1, 0.15) is 11.5 Å². The fourth-order valence-electron chi connectivity index (χ4n) is 2.29. The number of anilines is 1. The second kappa shape index (κ2) is 8.84. The summed E-state index contributed by atoms with van der Waals surface area (Å²) in [6, 6.07) is 17.4. The molecule has 3 rings (SSSR count). The number of para-hydroxylation sites is 1. The average molecular weight is 352 g/mol. The van der Waals surface area contributed by atoms with E-state index in [-0.39, 0.29) is 0 Å². The highest BCUT2D eigenvalue weighted by Crippen LogP contribution is 2.22. The molecule has 2 N–H and O–H groups in total. The zero-order chi connectivity index (χ0) is 17.3. The van der Waals surface area contributed by atoms with Crippen LogP contribution in [-0.4, -0.2) is 21.2 Å². The maximum Gasteiger partial charge on any atom is 0.170 e. The van der Waals surface area contributed by atoms with E-state index in [0.717, 1.165) is 36.7 Å². The van der Waals surface area contributed by atoms with E-state index in [2.05, 4.69) is 15.6 Å². The fraction of sp³-hybridized carbons (Fsp3) is 0.158. The molecular formula is C19H20N4OS. The number of hydrogen-bond donors (Lipinski definition) is 2.